The number of carbonyl (C=O) groups excluding carboxylic acids is 1. The van der Waals surface area contributed by atoms with Crippen LogP contribution >= 0.6 is 0 Å². The summed E-state index contributed by atoms with van der Waals surface area (Å²) >= 11 is 0. The SMILES string of the molecule is CC(C)(C)OC(=O)N1CCCC(O)(CC(=O)O)C1. The molecule has 18 heavy (non-hydrogen) atoms. The van der Waals surface area contributed by atoms with Crippen molar-refractivity contribution in [3.05, 3.63) is 0 Å². The second kappa shape index (κ2) is 5.14. The minimum Gasteiger partial charge on any atom is -0.481 e. The molecule has 0 spiro atoms. The summed E-state index contributed by atoms with van der Waals surface area (Å²) in [7, 11) is 0. The Morgan fingerprint density at radius 1 is 1.39 bits per heavy atom. The second-order valence-corrected chi connectivity index (χ2v) is 5.80. The number of ether oxygens (including phenoxy) is 1. The Kier molecular flexibility index (Phi) is 4.21. The highest BCUT2D eigenvalue weighted by Gasteiger charge is 2.38. The second-order valence-electron chi connectivity index (χ2n) is 5.80. The van der Waals surface area contributed by atoms with E-state index in [2.05, 4.69) is 0 Å². The van der Waals surface area contributed by atoms with Crippen molar-refractivity contribution in [1.82, 2.24) is 4.90 Å². The molecule has 1 saturated heterocycles. The molecule has 1 rings (SSSR count). The number of hydrogen-bond acceptors (Lipinski definition) is 4. The summed E-state index contributed by atoms with van der Waals surface area (Å²) in [5.74, 6) is -1.07. The molecule has 6 heteroatoms. The number of amides is 1. The van der Waals surface area contributed by atoms with Crippen molar-refractivity contribution >= 4 is 12.1 Å². The van der Waals surface area contributed by atoms with Gasteiger partial charge in [-0.3, -0.25) is 4.79 Å². The van der Waals surface area contributed by atoms with Crippen LogP contribution in [0.15, 0.2) is 0 Å². The molecule has 1 unspecified atom stereocenters. The molecule has 0 radical (unpaired) electrons. The number of carboxylic acids is 1. The van der Waals surface area contributed by atoms with Crippen LogP contribution in [-0.2, 0) is 9.53 Å². The lowest BCUT2D eigenvalue weighted by molar-refractivity contribution is -0.145. The minimum atomic E-state index is -1.35. The van der Waals surface area contributed by atoms with Crippen LogP contribution in [0, 0.1) is 0 Å². The van der Waals surface area contributed by atoms with E-state index >= 15 is 0 Å². The molecule has 0 saturated carbocycles. The van der Waals surface area contributed by atoms with Crippen LogP contribution in [0.3, 0.4) is 0 Å². The number of rotatable bonds is 2. The maximum Gasteiger partial charge on any atom is 0.410 e. The molecule has 0 aliphatic carbocycles. The van der Waals surface area contributed by atoms with Gasteiger partial charge in [0.1, 0.15) is 5.60 Å². The largest absolute Gasteiger partial charge is 0.481 e. The number of carbonyl (C=O) groups is 2. The third-order valence-electron chi connectivity index (χ3n) is 2.69. The van der Waals surface area contributed by atoms with E-state index in [1.54, 1.807) is 20.8 Å². The van der Waals surface area contributed by atoms with E-state index in [1.165, 1.54) is 4.90 Å². The summed E-state index contributed by atoms with van der Waals surface area (Å²) in [6, 6.07) is 0. The molecule has 1 aliphatic heterocycles. The summed E-state index contributed by atoms with van der Waals surface area (Å²) in [5, 5.41) is 18.9. The molecule has 1 aliphatic rings. The summed E-state index contributed by atoms with van der Waals surface area (Å²) in [5.41, 5.74) is -1.94. The van der Waals surface area contributed by atoms with Gasteiger partial charge in [-0.05, 0) is 33.6 Å². The number of nitrogens with zero attached hydrogens (tertiary/aromatic N) is 1. The number of aliphatic carboxylic acids is 1. The average molecular weight is 259 g/mol. The number of hydrogen-bond donors (Lipinski definition) is 2. The fourth-order valence-electron chi connectivity index (χ4n) is 2.02. The molecule has 1 amide bonds. The number of carboxylic acid groups (broad SMARTS) is 1. The van der Waals surface area contributed by atoms with Gasteiger partial charge in [-0.1, -0.05) is 0 Å². The molecule has 0 aromatic rings. The third-order valence-corrected chi connectivity index (χ3v) is 2.69. The lowest BCUT2D eigenvalue weighted by atomic mass is 9.90. The zero-order chi connectivity index (χ0) is 14.0. The highest BCUT2D eigenvalue weighted by atomic mass is 16.6. The Bertz CT molecular complexity index is 336. The molecule has 0 aromatic carbocycles. The topological polar surface area (TPSA) is 87.1 Å². The summed E-state index contributed by atoms with van der Waals surface area (Å²) in [6.07, 6.45) is 0.0968. The lowest BCUT2D eigenvalue weighted by Gasteiger charge is -2.38. The predicted octanol–water partition coefficient (Wildman–Crippen LogP) is 1.22. The number of likely N-dealkylation sites (tertiary alicyclic amines) is 1. The Hall–Kier alpha value is -1.30. The molecule has 6 nitrogen and oxygen atoms in total. The zero-order valence-corrected chi connectivity index (χ0v) is 11.1. The van der Waals surface area contributed by atoms with E-state index in [4.69, 9.17) is 9.84 Å². The van der Waals surface area contributed by atoms with E-state index in [1.807, 2.05) is 0 Å². The lowest BCUT2D eigenvalue weighted by Crippen LogP contribution is -2.52. The molecular weight excluding hydrogens is 238 g/mol. The smallest absolute Gasteiger partial charge is 0.410 e. The van der Waals surface area contributed by atoms with Gasteiger partial charge in [0.15, 0.2) is 0 Å². The van der Waals surface area contributed by atoms with E-state index < -0.39 is 23.3 Å². The Morgan fingerprint density at radius 2 is 2.00 bits per heavy atom. The predicted molar refractivity (Wildman–Crippen MR) is 64.2 cm³/mol. The van der Waals surface area contributed by atoms with E-state index in [9.17, 15) is 14.7 Å². The number of piperidine rings is 1. The maximum atomic E-state index is 11.8. The monoisotopic (exact) mass is 259 g/mol. The molecule has 0 bridgehead atoms. The van der Waals surface area contributed by atoms with Crippen molar-refractivity contribution < 1.29 is 24.5 Å². The quantitative estimate of drug-likeness (QED) is 0.778. The van der Waals surface area contributed by atoms with Gasteiger partial charge in [-0.2, -0.15) is 0 Å². The van der Waals surface area contributed by atoms with Crippen molar-refractivity contribution in [2.24, 2.45) is 0 Å². The van der Waals surface area contributed by atoms with Crippen molar-refractivity contribution in [3.63, 3.8) is 0 Å². The molecular formula is C12H21NO5. The van der Waals surface area contributed by atoms with Gasteiger partial charge in [-0.25, -0.2) is 4.79 Å². The molecule has 0 aromatic heterocycles. The van der Waals surface area contributed by atoms with Crippen LogP contribution < -0.4 is 0 Å². The first-order chi connectivity index (χ1) is 8.11. The third kappa shape index (κ3) is 4.52. The summed E-state index contributed by atoms with van der Waals surface area (Å²) in [4.78, 5) is 23.9. The van der Waals surface area contributed by atoms with Crippen molar-refractivity contribution in [1.29, 1.82) is 0 Å². The Morgan fingerprint density at radius 3 is 2.50 bits per heavy atom. The average Bonchev–Trinajstić information content (AvgIpc) is 2.12. The van der Waals surface area contributed by atoms with Gasteiger partial charge in [-0.15, -0.1) is 0 Å². The van der Waals surface area contributed by atoms with E-state index in [0.717, 1.165) is 0 Å². The van der Waals surface area contributed by atoms with Crippen LogP contribution in [0.1, 0.15) is 40.0 Å². The van der Waals surface area contributed by atoms with Gasteiger partial charge < -0.3 is 19.8 Å². The normalized spacial score (nSPS) is 24.8. The minimum absolute atomic E-state index is 0.00815. The molecule has 1 heterocycles. The number of aliphatic hydroxyl groups is 1. The first-order valence-corrected chi connectivity index (χ1v) is 6.03. The fraction of sp³-hybridized carbons (Fsp3) is 0.833. The Labute approximate surface area is 107 Å². The van der Waals surface area contributed by atoms with E-state index in [-0.39, 0.29) is 13.0 Å². The Balaban J connectivity index is 2.63. The maximum absolute atomic E-state index is 11.8. The van der Waals surface area contributed by atoms with E-state index in [0.29, 0.717) is 19.4 Å². The highest BCUT2D eigenvalue weighted by Crippen LogP contribution is 2.25. The van der Waals surface area contributed by atoms with Crippen molar-refractivity contribution in [2.75, 3.05) is 13.1 Å². The number of β-amino-alcohol motifs (C(OH)–C–C–N with tert-alkyl or cyclic N) is 1. The van der Waals surface area contributed by atoms with Crippen LogP contribution in [0.2, 0.25) is 0 Å². The molecule has 1 atom stereocenters. The molecule has 104 valence electrons. The van der Waals surface area contributed by atoms with Crippen LogP contribution in [0.4, 0.5) is 4.79 Å². The van der Waals surface area contributed by atoms with Gasteiger partial charge in [0.2, 0.25) is 0 Å². The zero-order valence-electron chi connectivity index (χ0n) is 11.1. The van der Waals surface area contributed by atoms with Crippen LogP contribution in [0.5, 0.6) is 0 Å². The standard InChI is InChI=1S/C12H21NO5/c1-11(2,3)18-10(16)13-6-4-5-12(17,8-13)7-9(14)15/h17H,4-8H2,1-3H3,(H,14,15). The fourth-order valence-corrected chi connectivity index (χ4v) is 2.02. The van der Waals surface area contributed by atoms with Crippen LogP contribution in [-0.4, -0.2) is 51.5 Å². The molecule has 1 fully saturated rings. The van der Waals surface area contributed by atoms with Crippen molar-refractivity contribution in [3.8, 4) is 0 Å². The molecule has 2 N–H and O–H groups in total. The van der Waals surface area contributed by atoms with Gasteiger partial charge in [0.25, 0.3) is 0 Å². The van der Waals surface area contributed by atoms with Crippen LogP contribution in [0.25, 0.3) is 0 Å². The highest BCUT2D eigenvalue weighted by molar-refractivity contribution is 5.70. The first-order valence-electron chi connectivity index (χ1n) is 6.03. The summed E-state index contributed by atoms with van der Waals surface area (Å²) < 4.78 is 5.20. The van der Waals surface area contributed by atoms with Crippen molar-refractivity contribution in [2.45, 2.75) is 51.2 Å². The van der Waals surface area contributed by atoms with Gasteiger partial charge in [0, 0.05) is 6.54 Å². The van der Waals surface area contributed by atoms with Gasteiger partial charge in [0.05, 0.1) is 18.6 Å². The summed E-state index contributed by atoms with van der Waals surface area (Å²) in [6.45, 7) is 5.78. The van der Waals surface area contributed by atoms with Gasteiger partial charge >= 0.3 is 12.1 Å². The first kappa shape index (κ1) is 14.8.